The maximum absolute atomic E-state index is 6.38. The molecule has 3 rings (SSSR count). The van der Waals surface area contributed by atoms with Crippen LogP contribution in [-0.4, -0.2) is 19.2 Å². The molecule has 1 aliphatic rings. The molecule has 2 aromatic carbocycles. The Balaban J connectivity index is 1.46. The third-order valence-corrected chi connectivity index (χ3v) is 3.98. The van der Waals surface area contributed by atoms with Gasteiger partial charge in [-0.3, -0.25) is 0 Å². The van der Waals surface area contributed by atoms with E-state index in [0.29, 0.717) is 0 Å². The minimum atomic E-state index is -0.0000201. The maximum Gasteiger partial charge on any atom is 0.123 e. The summed E-state index contributed by atoms with van der Waals surface area (Å²) in [5.74, 6) is 1.02. The number of alkyl halides is 1. The van der Waals surface area contributed by atoms with Gasteiger partial charge in [0.2, 0.25) is 0 Å². The van der Waals surface area contributed by atoms with Crippen LogP contribution in [0.25, 0.3) is 0 Å². The van der Waals surface area contributed by atoms with E-state index in [4.69, 9.17) is 16.3 Å². The molecular formula is C17H18ClNO. The first kappa shape index (κ1) is 13.5. The summed E-state index contributed by atoms with van der Waals surface area (Å²) in [7, 11) is 0. The first-order chi connectivity index (χ1) is 9.83. The van der Waals surface area contributed by atoms with Crippen LogP contribution >= 0.6 is 11.6 Å². The summed E-state index contributed by atoms with van der Waals surface area (Å²) in [4.78, 5) is 0. The Labute approximate surface area is 124 Å². The second-order valence-corrected chi connectivity index (χ2v) is 5.61. The zero-order valence-corrected chi connectivity index (χ0v) is 12.0. The van der Waals surface area contributed by atoms with E-state index in [1.165, 1.54) is 5.56 Å². The van der Waals surface area contributed by atoms with Crippen LogP contribution in [0.5, 0.6) is 5.75 Å². The molecule has 0 bridgehead atoms. The third-order valence-electron chi connectivity index (χ3n) is 3.57. The molecular weight excluding hydrogens is 270 g/mol. The van der Waals surface area contributed by atoms with Crippen molar-refractivity contribution >= 4 is 11.6 Å². The minimum absolute atomic E-state index is 0.0000201. The Kier molecular flexibility index (Phi) is 4.24. The molecule has 0 fully saturated rings. The van der Waals surface area contributed by atoms with Gasteiger partial charge in [0.05, 0.1) is 5.38 Å². The molecule has 20 heavy (non-hydrogen) atoms. The van der Waals surface area contributed by atoms with Crippen LogP contribution in [0, 0.1) is 0 Å². The predicted octanol–water partition coefficient (Wildman–Crippen LogP) is 3.56. The molecule has 104 valence electrons. The van der Waals surface area contributed by atoms with Crippen molar-refractivity contribution in [2.45, 2.75) is 17.9 Å². The largest absolute Gasteiger partial charge is 0.488 e. The lowest BCUT2D eigenvalue weighted by Gasteiger charge is -2.14. The lowest BCUT2D eigenvalue weighted by Crippen LogP contribution is -2.32. The fourth-order valence-corrected chi connectivity index (χ4v) is 2.77. The van der Waals surface area contributed by atoms with Crippen LogP contribution in [0.1, 0.15) is 16.5 Å². The van der Waals surface area contributed by atoms with Crippen LogP contribution in [0.15, 0.2) is 54.6 Å². The van der Waals surface area contributed by atoms with Crippen LogP contribution in [0.4, 0.5) is 0 Å². The molecule has 2 unspecified atom stereocenters. The summed E-state index contributed by atoms with van der Waals surface area (Å²) in [5.41, 5.74) is 2.45. The number of fused-ring (bicyclic) bond motifs is 1. The quantitative estimate of drug-likeness (QED) is 0.849. The number of nitrogens with one attached hydrogen (secondary N) is 1. The zero-order chi connectivity index (χ0) is 13.8. The standard InChI is InChI=1S/C17H18ClNO/c18-16(13-6-2-1-3-7-13)12-19-11-15-10-14-8-4-5-9-17(14)20-15/h1-9,15-16,19H,10-12H2. The second kappa shape index (κ2) is 6.29. The Morgan fingerprint density at radius 1 is 1.10 bits per heavy atom. The summed E-state index contributed by atoms with van der Waals surface area (Å²) < 4.78 is 5.89. The predicted molar refractivity (Wildman–Crippen MR) is 82.5 cm³/mol. The Bertz CT molecular complexity index is 533. The number of para-hydroxylation sites is 1. The van der Waals surface area contributed by atoms with Gasteiger partial charge in [0.25, 0.3) is 0 Å². The SMILES string of the molecule is ClC(CNCC1Cc2ccccc2O1)c1ccccc1. The number of hydrogen-bond donors (Lipinski definition) is 1. The van der Waals surface area contributed by atoms with Gasteiger partial charge in [0.15, 0.2) is 0 Å². The monoisotopic (exact) mass is 287 g/mol. The van der Waals surface area contributed by atoms with Crippen LogP contribution < -0.4 is 10.1 Å². The molecule has 0 radical (unpaired) electrons. The highest BCUT2D eigenvalue weighted by Gasteiger charge is 2.21. The summed E-state index contributed by atoms with van der Waals surface area (Å²) in [5, 5.41) is 3.40. The molecule has 0 saturated carbocycles. The van der Waals surface area contributed by atoms with Gasteiger partial charge in [0, 0.05) is 19.5 Å². The molecule has 2 nitrogen and oxygen atoms in total. The van der Waals surface area contributed by atoms with Crippen molar-refractivity contribution in [3.63, 3.8) is 0 Å². The van der Waals surface area contributed by atoms with Gasteiger partial charge >= 0.3 is 0 Å². The molecule has 0 aromatic heterocycles. The maximum atomic E-state index is 6.38. The first-order valence-corrected chi connectivity index (χ1v) is 7.41. The van der Waals surface area contributed by atoms with Crippen LogP contribution in [0.3, 0.4) is 0 Å². The van der Waals surface area contributed by atoms with Crippen molar-refractivity contribution in [3.8, 4) is 5.75 Å². The van der Waals surface area contributed by atoms with E-state index in [9.17, 15) is 0 Å². The fourth-order valence-electron chi connectivity index (χ4n) is 2.52. The minimum Gasteiger partial charge on any atom is -0.488 e. The Morgan fingerprint density at radius 3 is 2.65 bits per heavy atom. The normalized spacial score (nSPS) is 18.4. The molecule has 1 N–H and O–H groups in total. The van der Waals surface area contributed by atoms with Gasteiger partial charge in [-0.1, -0.05) is 48.5 Å². The highest BCUT2D eigenvalue weighted by atomic mass is 35.5. The van der Waals surface area contributed by atoms with Crippen molar-refractivity contribution in [3.05, 3.63) is 65.7 Å². The summed E-state index contributed by atoms with van der Waals surface area (Å²) >= 11 is 6.38. The average Bonchev–Trinajstić information content (AvgIpc) is 2.90. The molecule has 0 amide bonds. The van der Waals surface area contributed by atoms with E-state index in [1.807, 2.05) is 30.3 Å². The third kappa shape index (κ3) is 3.14. The molecule has 1 heterocycles. The lowest BCUT2D eigenvalue weighted by molar-refractivity contribution is 0.228. The molecule has 1 aliphatic heterocycles. The van der Waals surface area contributed by atoms with E-state index in [0.717, 1.165) is 30.8 Å². The van der Waals surface area contributed by atoms with Gasteiger partial charge < -0.3 is 10.1 Å². The second-order valence-electron chi connectivity index (χ2n) is 5.09. The van der Waals surface area contributed by atoms with Gasteiger partial charge in [-0.05, 0) is 17.2 Å². The number of rotatable bonds is 5. The number of halogens is 1. The van der Waals surface area contributed by atoms with Crippen molar-refractivity contribution in [2.75, 3.05) is 13.1 Å². The van der Waals surface area contributed by atoms with Gasteiger partial charge in [-0.25, -0.2) is 0 Å². The van der Waals surface area contributed by atoms with Crippen molar-refractivity contribution in [1.82, 2.24) is 5.32 Å². The highest BCUT2D eigenvalue weighted by molar-refractivity contribution is 6.21. The fraction of sp³-hybridized carbons (Fsp3) is 0.294. The summed E-state index contributed by atoms with van der Waals surface area (Å²) in [6, 6.07) is 18.4. The Morgan fingerprint density at radius 2 is 1.85 bits per heavy atom. The average molecular weight is 288 g/mol. The van der Waals surface area contributed by atoms with Crippen LogP contribution in [0.2, 0.25) is 0 Å². The van der Waals surface area contributed by atoms with Crippen LogP contribution in [-0.2, 0) is 6.42 Å². The lowest BCUT2D eigenvalue weighted by atomic mass is 10.1. The van der Waals surface area contributed by atoms with Gasteiger partial charge in [-0.15, -0.1) is 11.6 Å². The number of ether oxygens (including phenoxy) is 1. The number of benzene rings is 2. The molecule has 0 spiro atoms. The van der Waals surface area contributed by atoms with Crippen molar-refractivity contribution < 1.29 is 4.74 Å². The van der Waals surface area contributed by atoms with Gasteiger partial charge in [-0.2, -0.15) is 0 Å². The number of hydrogen-bond acceptors (Lipinski definition) is 2. The molecule has 2 atom stereocenters. The summed E-state index contributed by atoms with van der Waals surface area (Å²) in [6.07, 6.45) is 1.19. The van der Waals surface area contributed by atoms with E-state index >= 15 is 0 Å². The van der Waals surface area contributed by atoms with Gasteiger partial charge in [0.1, 0.15) is 11.9 Å². The molecule has 2 aromatic rings. The summed E-state index contributed by atoms with van der Waals surface area (Å²) in [6.45, 7) is 1.58. The van der Waals surface area contributed by atoms with E-state index in [2.05, 4.69) is 29.6 Å². The molecule has 3 heteroatoms. The van der Waals surface area contributed by atoms with Crippen molar-refractivity contribution in [1.29, 1.82) is 0 Å². The molecule has 0 saturated heterocycles. The Hall–Kier alpha value is -1.51. The van der Waals surface area contributed by atoms with E-state index in [1.54, 1.807) is 0 Å². The highest BCUT2D eigenvalue weighted by Crippen LogP contribution is 2.27. The topological polar surface area (TPSA) is 21.3 Å². The van der Waals surface area contributed by atoms with E-state index < -0.39 is 0 Å². The smallest absolute Gasteiger partial charge is 0.123 e. The molecule has 0 aliphatic carbocycles. The zero-order valence-electron chi connectivity index (χ0n) is 11.3. The van der Waals surface area contributed by atoms with E-state index in [-0.39, 0.29) is 11.5 Å². The first-order valence-electron chi connectivity index (χ1n) is 6.97. The van der Waals surface area contributed by atoms with Crippen molar-refractivity contribution in [2.24, 2.45) is 0 Å².